The van der Waals surface area contributed by atoms with Crippen LogP contribution in [0.3, 0.4) is 0 Å². The summed E-state index contributed by atoms with van der Waals surface area (Å²) in [5.74, 6) is 0.399. The van der Waals surface area contributed by atoms with Gasteiger partial charge in [-0.25, -0.2) is 0 Å². The number of ether oxygens (including phenoxy) is 1. The number of carbonyl (C=O) groups is 1. The number of hydrogen-bond donors (Lipinski definition) is 0. The lowest BCUT2D eigenvalue weighted by Crippen LogP contribution is -2.38. The molecule has 0 bridgehead atoms. The standard InChI is InChI=1S/C16H21NO2/c1-17(11-15-7-4-8-19-15)16(18)14-9-12-5-2-3-6-13(12)10-14/h2-3,5-6,14-15H,4,7-11H2,1H3/t15-/m1/s1. The van der Waals surface area contributed by atoms with E-state index in [2.05, 4.69) is 24.3 Å². The average Bonchev–Trinajstić information content (AvgIpc) is 3.05. The number of nitrogens with zero attached hydrogens (tertiary/aromatic N) is 1. The van der Waals surface area contributed by atoms with Crippen molar-refractivity contribution in [1.82, 2.24) is 4.90 Å². The topological polar surface area (TPSA) is 29.5 Å². The van der Waals surface area contributed by atoms with Crippen LogP contribution in [0.1, 0.15) is 24.0 Å². The van der Waals surface area contributed by atoms with Gasteiger partial charge in [0.1, 0.15) is 0 Å². The van der Waals surface area contributed by atoms with Gasteiger partial charge in [0.2, 0.25) is 5.91 Å². The number of carbonyl (C=O) groups excluding carboxylic acids is 1. The third-order valence-electron chi connectivity index (χ3n) is 4.28. The molecule has 0 saturated carbocycles. The molecule has 1 amide bonds. The predicted octanol–water partition coefficient (Wildman–Crippen LogP) is 2.04. The van der Waals surface area contributed by atoms with E-state index in [0.29, 0.717) is 0 Å². The van der Waals surface area contributed by atoms with Gasteiger partial charge in [0, 0.05) is 26.1 Å². The lowest BCUT2D eigenvalue weighted by atomic mass is 10.0. The highest BCUT2D eigenvalue weighted by Gasteiger charge is 2.30. The number of fused-ring (bicyclic) bond motifs is 1. The van der Waals surface area contributed by atoms with Crippen LogP contribution >= 0.6 is 0 Å². The molecule has 0 aromatic heterocycles. The molecule has 1 aromatic rings. The third-order valence-corrected chi connectivity index (χ3v) is 4.28. The van der Waals surface area contributed by atoms with E-state index in [9.17, 15) is 4.79 Å². The maximum atomic E-state index is 12.5. The third kappa shape index (κ3) is 2.66. The molecular weight excluding hydrogens is 238 g/mol. The van der Waals surface area contributed by atoms with Crippen LogP contribution in [0.2, 0.25) is 0 Å². The number of benzene rings is 1. The molecule has 1 aliphatic carbocycles. The minimum atomic E-state index is 0.129. The van der Waals surface area contributed by atoms with Gasteiger partial charge in [-0.05, 0) is 36.8 Å². The zero-order valence-electron chi connectivity index (χ0n) is 11.5. The first-order valence-electron chi connectivity index (χ1n) is 7.17. The van der Waals surface area contributed by atoms with Gasteiger partial charge in [-0.15, -0.1) is 0 Å². The number of amides is 1. The molecule has 1 saturated heterocycles. The summed E-state index contributed by atoms with van der Waals surface area (Å²) in [4.78, 5) is 14.3. The molecular formula is C16H21NO2. The molecule has 0 spiro atoms. The molecule has 0 N–H and O–H groups in total. The van der Waals surface area contributed by atoms with Crippen molar-refractivity contribution < 1.29 is 9.53 Å². The van der Waals surface area contributed by atoms with Crippen molar-refractivity contribution in [1.29, 1.82) is 0 Å². The summed E-state index contributed by atoms with van der Waals surface area (Å²) >= 11 is 0. The lowest BCUT2D eigenvalue weighted by Gasteiger charge is -2.23. The average molecular weight is 259 g/mol. The van der Waals surface area contributed by atoms with Gasteiger partial charge >= 0.3 is 0 Å². The van der Waals surface area contributed by atoms with Crippen LogP contribution in [-0.4, -0.2) is 37.1 Å². The second-order valence-corrected chi connectivity index (χ2v) is 5.73. The highest BCUT2D eigenvalue weighted by molar-refractivity contribution is 5.80. The zero-order chi connectivity index (χ0) is 13.2. The molecule has 19 heavy (non-hydrogen) atoms. The Bertz CT molecular complexity index is 441. The summed E-state index contributed by atoms with van der Waals surface area (Å²) in [7, 11) is 1.91. The fourth-order valence-corrected chi connectivity index (χ4v) is 3.23. The van der Waals surface area contributed by atoms with Gasteiger partial charge in [-0.2, -0.15) is 0 Å². The minimum absolute atomic E-state index is 0.129. The van der Waals surface area contributed by atoms with E-state index in [1.807, 2.05) is 11.9 Å². The monoisotopic (exact) mass is 259 g/mol. The summed E-state index contributed by atoms with van der Waals surface area (Å²) in [6.45, 7) is 1.59. The van der Waals surface area contributed by atoms with Crippen LogP contribution in [0.25, 0.3) is 0 Å². The maximum Gasteiger partial charge on any atom is 0.226 e. The highest BCUT2D eigenvalue weighted by Crippen LogP contribution is 2.27. The fourth-order valence-electron chi connectivity index (χ4n) is 3.23. The quantitative estimate of drug-likeness (QED) is 0.831. The van der Waals surface area contributed by atoms with Crippen molar-refractivity contribution >= 4 is 5.91 Å². The van der Waals surface area contributed by atoms with E-state index >= 15 is 0 Å². The molecule has 0 unspecified atom stereocenters. The normalized spacial score (nSPS) is 22.5. The largest absolute Gasteiger partial charge is 0.376 e. The Labute approximate surface area is 114 Å². The van der Waals surface area contributed by atoms with Gasteiger partial charge in [0.25, 0.3) is 0 Å². The molecule has 3 nitrogen and oxygen atoms in total. The summed E-state index contributed by atoms with van der Waals surface area (Å²) < 4.78 is 5.60. The van der Waals surface area contributed by atoms with E-state index in [1.54, 1.807) is 0 Å². The molecule has 3 heteroatoms. The van der Waals surface area contributed by atoms with Crippen molar-refractivity contribution in [2.75, 3.05) is 20.2 Å². The second kappa shape index (κ2) is 5.33. The fraction of sp³-hybridized carbons (Fsp3) is 0.562. The Morgan fingerprint density at radius 3 is 2.58 bits per heavy atom. The molecule has 102 valence electrons. The molecule has 1 fully saturated rings. The Hall–Kier alpha value is -1.35. The van der Waals surface area contributed by atoms with Gasteiger partial charge in [-0.3, -0.25) is 4.79 Å². The molecule has 1 atom stereocenters. The molecule has 3 rings (SSSR count). The first-order valence-corrected chi connectivity index (χ1v) is 7.17. The highest BCUT2D eigenvalue weighted by atomic mass is 16.5. The summed E-state index contributed by atoms with van der Waals surface area (Å²) in [5, 5.41) is 0. The Morgan fingerprint density at radius 2 is 2.00 bits per heavy atom. The van der Waals surface area contributed by atoms with E-state index in [-0.39, 0.29) is 17.9 Å². The van der Waals surface area contributed by atoms with Crippen molar-refractivity contribution in [3.05, 3.63) is 35.4 Å². The van der Waals surface area contributed by atoms with Crippen molar-refractivity contribution in [2.45, 2.75) is 31.8 Å². The van der Waals surface area contributed by atoms with Gasteiger partial charge in [0.05, 0.1) is 6.10 Å². The zero-order valence-corrected chi connectivity index (χ0v) is 11.5. The van der Waals surface area contributed by atoms with Crippen molar-refractivity contribution in [3.8, 4) is 0 Å². The molecule has 0 radical (unpaired) electrons. The predicted molar refractivity (Wildman–Crippen MR) is 74.0 cm³/mol. The molecule has 1 aromatic carbocycles. The smallest absolute Gasteiger partial charge is 0.226 e. The molecule has 2 aliphatic rings. The van der Waals surface area contributed by atoms with E-state index in [0.717, 1.165) is 38.8 Å². The molecule has 1 heterocycles. The summed E-state index contributed by atoms with van der Waals surface area (Å²) in [6.07, 6.45) is 4.25. The minimum Gasteiger partial charge on any atom is -0.376 e. The van der Waals surface area contributed by atoms with Crippen LogP contribution in [-0.2, 0) is 22.4 Å². The van der Waals surface area contributed by atoms with Gasteiger partial charge < -0.3 is 9.64 Å². The van der Waals surface area contributed by atoms with E-state index < -0.39 is 0 Å². The van der Waals surface area contributed by atoms with Crippen LogP contribution in [0, 0.1) is 5.92 Å². The first kappa shape index (κ1) is 12.7. The Kier molecular flexibility index (Phi) is 3.56. The van der Waals surface area contributed by atoms with Crippen LogP contribution < -0.4 is 0 Å². The number of likely N-dealkylation sites (N-methyl/N-ethyl adjacent to an activating group) is 1. The first-order chi connectivity index (χ1) is 9.24. The maximum absolute atomic E-state index is 12.5. The number of hydrogen-bond acceptors (Lipinski definition) is 2. The van der Waals surface area contributed by atoms with Crippen LogP contribution in [0.4, 0.5) is 0 Å². The van der Waals surface area contributed by atoms with Crippen molar-refractivity contribution in [3.63, 3.8) is 0 Å². The number of rotatable bonds is 3. The lowest BCUT2D eigenvalue weighted by molar-refractivity contribution is -0.135. The summed E-state index contributed by atoms with van der Waals surface area (Å²) in [5.41, 5.74) is 2.68. The van der Waals surface area contributed by atoms with Crippen LogP contribution in [0.5, 0.6) is 0 Å². The summed E-state index contributed by atoms with van der Waals surface area (Å²) in [6, 6.07) is 8.40. The van der Waals surface area contributed by atoms with Gasteiger partial charge in [-0.1, -0.05) is 24.3 Å². The van der Waals surface area contributed by atoms with Crippen LogP contribution in [0.15, 0.2) is 24.3 Å². The van der Waals surface area contributed by atoms with Crippen molar-refractivity contribution in [2.24, 2.45) is 5.92 Å². The molecule has 1 aliphatic heterocycles. The van der Waals surface area contributed by atoms with Gasteiger partial charge in [0.15, 0.2) is 0 Å². The van der Waals surface area contributed by atoms with E-state index in [4.69, 9.17) is 4.74 Å². The Balaban J connectivity index is 1.59. The SMILES string of the molecule is CN(C[C@H]1CCCO1)C(=O)C1Cc2ccccc2C1. The van der Waals surface area contributed by atoms with E-state index in [1.165, 1.54) is 11.1 Å². The Morgan fingerprint density at radius 1 is 1.32 bits per heavy atom. The second-order valence-electron chi connectivity index (χ2n) is 5.73.